The molecule has 0 heterocycles. The van der Waals surface area contributed by atoms with Crippen molar-refractivity contribution in [1.29, 1.82) is 0 Å². The highest BCUT2D eigenvalue weighted by molar-refractivity contribution is 7.80. The first kappa shape index (κ1) is 21.6. The van der Waals surface area contributed by atoms with Gasteiger partial charge in [0.15, 0.2) is 0 Å². The summed E-state index contributed by atoms with van der Waals surface area (Å²) in [6, 6.07) is 36.4. The minimum absolute atomic E-state index is 0.321. The molecule has 8 rings (SSSR count). The maximum Gasteiger partial charge on any atom is 0.0532 e. The molecule has 0 spiro atoms. The van der Waals surface area contributed by atoms with Crippen molar-refractivity contribution in [2.45, 2.75) is 44.1 Å². The lowest BCUT2D eigenvalue weighted by Gasteiger charge is -2.60. The summed E-state index contributed by atoms with van der Waals surface area (Å²) in [6.45, 7) is 0. The fourth-order valence-corrected chi connectivity index (χ4v) is 10.6. The molecule has 4 saturated carbocycles. The Balaban J connectivity index is 1.45. The van der Waals surface area contributed by atoms with Crippen LogP contribution in [0.4, 0.5) is 5.69 Å². The number of anilines is 1. The molecule has 0 N–H and O–H groups in total. The highest BCUT2D eigenvalue weighted by Gasteiger charge is 2.53. The first-order chi connectivity index (χ1) is 17.2. The van der Waals surface area contributed by atoms with E-state index < -0.39 is 7.92 Å². The summed E-state index contributed by atoms with van der Waals surface area (Å²) in [5.41, 5.74) is 1.81. The summed E-state index contributed by atoms with van der Waals surface area (Å²) in [5, 5.41) is 7.16. The van der Waals surface area contributed by atoms with Crippen LogP contribution in [0.2, 0.25) is 0 Å². The predicted molar refractivity (Wildman–Crippen MR) is 152 cm³/mol. The van der Waals surface area contributed by atoms with Gasteiger partial charge in [-0.25, -0.2) is 0 Å². The normalized spacial score (nSPS) is 27.0. The van der Waals surface area contributed by atoms with Crippen LogP contribution >= 0.6 is 7.92 Å². The fourth-order valence-electron chi connectivity index (χ4n) is 8.07. The van der Waals surface area contributed by atoms with Crippen LogP contribution in [-0.2, 0) is 0 Å². The minimum Gasteiger partial charge on any atom is -0.368 e. The van der Waals surface area contributed by atoms with E-state index in [4.69, 9.17) is 0 Å². The molecule has 0 aromatic heterocycles. The molecule has 1 nitrogen and oxygen atoms in total. The van der Waals surface area contributed by atoms with Crippen LogP contribution in [0.1, 0.15) is 38.5 Å². The number of hydrogen-bond donors (Lipinski definition) is 0. The van der Waals surface area contributed by atoms with Crippen LogP contribution in [0.15, 0.2) is 97.1 Å². The van der Waals surface area contributed by atoms with E-state index in [1.54, 1.807) is 0 Å². The van der Waals surface area contributed by atoms with Gasteiger partial charge in [-0.15, -0.1) is 0 Å². The van der Waals surface area contributed by atoms with Crippen LogP contribution in [0.3, 0.4) is 0 Å². The number of hydrogen-bond acceptors (Lipinski definition) is 1. The van der Waals surface area contributed by atoms with E-state index in [1.807, 2.05) is 0 Å². The van der Waals surface area contributed by atoms with Crippen molar-refractivity contribution >= 4 is 40.3 Å². The van der Waals surface area contributed by atoms with Crippen LogP contribution in [0, 0.1) is 17.8 Å². The standard InChI is InChI=1S/C33H34NP/c1-34(33-21-24-18-25(22-33)20-26(19-24)23-33)32-30-15-9-8-10-27(30)16-17-31(32)35(28-11-4-2-5-12-28)29-13-6-3-7-14-29/h2-17,24-26H,18-23H2,1H3. The zero-order valence-electron chi connectivity index (χ0n) is 20.6. The number of nitrogens with zero attached hydrogens (tertiary/aromatic N) is 1. The van der Waals surface area contributed by atoms with Gasteiger partial charge in [0, 0.05) is 23.3 Å². The van der Waals surface area contributed by atoms with Gasteiger partial charge in [-0.05, 0) is 80.2 Å². The predicted octanol–water partition coefficient (Wildman–Crippen LogP) is 7.00. The Morgan fingerprint density at radius 2 is 1.14 bits per heavy atom. The minimum atomic E-state index is -0.655. The summed E-state index contributed by atoms with van der Waals surface area (Å²) >= 11 is 0. The fraction of sp³-hybridized carbons (Fsp3) is 0.333. The molecule has 35 heavy (non-hydrogen) atoms. The van der Waals surface area contributed by atoms with Gasteiger partial charge in [0.05, 0.1) is 5.69 Å². The van der Waals surface area contributed by atoms with Crippen molar-refractivity contribution in [3.8, 4) is 0 Å². The van der Waals surface area contributed by atoms with Crippen molar-refractivity contribution in [1.82, 2.24) is 0 Å². The van der Waals surface area contributed by atoms with Gasteiger partial charge < -0.3 is 4.90 Å². The molecule has 4 fully saturated rings. The molecule has 0 radical (unpaired) electrons. The second-order valence-corrected chi connectivity index (χ2v) is 13.5. The van der Waals surface area contributed by atoms with Gasteiger partial charge in [-0.2, -0.15) is 0 Å². The maximum absolute atomic E-state index is 2.80. The zero-order valence-corrected chi connectivity index (χ0v) is 21.5. The van der Waals surface area contributed by atoms with Gasteiger partial charge in [-0.1, -0.05) is 97.1 Å². The van der Waals surface area contributed by atoms with E-state index in [0.717, 1.165) is 17.8 Å². The number of benzene rings is 4. The van der Waals surface area contributed by atoms with Crippen molar-refractivity contribution in [3.63, 3.8) is 0 Å². The van der Waals surface area contributed by atoms with E-state index in [1.165, 1.54) is 70.9 Å². The average Bonchev–Trinajstić information content (AvgIpc) is 2.89. The third-order valence-electron chi connectivity index (χ3n) is 9.20. The third kappa shape index (κ3) is 3.63. The monoisotopic (exact) mass is 475 g/mol. The largest absolute Gasteiger partial charge is 0.368 e. The number of fused-ring (bicyclic) bond motifs is 1. The first-order valence-corrected chi connectivity index (χ1v) is 14.7. The highest BCUT2D eigenvalue weighted by atomic mass is 31.1. The summed E-state index contributed by atoms with van der Waals surface area (Å²) in [5.74, 6) is 2.81. The molecular weight excluding hydrogens is 441 g/mol. The van der Waals surface area contributed by atoms with E-state index in [9.17, 15) is 0 Å². The van der Waals surface area contributed by atoms with Gasteiger partial charge in [0.1, 0.15) is 0 Å². The molecule has 4 bridgehead atoms. The van der Waals surface area contributed by atoms with E-state index in [-0.39, 0.29) is 0 Å². The van der Waals surface area contributed by atoms with E-state index in [0.29, 0.717) is 5.54 Å². The Hall–Kier alpha value is -2.63. The number of rotatable bonds is 5. The zero-order chi connectivity index (χ0) is 23.4. The SMILES string of the molecule is CN(c1c(P(c2ccccc2)c2ccccc2)ccc2ccccc12)C12CC3CC(CC(C3)C1)C2. The second kappa shape index (κ2) is 8.49. The molecule has 0 unspecified atom stereocenters. The second-order valence-electron chi connectivity index (χ2n) is 11.4. The molecule has 0 saturated heterocycles. The molecule has 176 valence electrons. The van der Waals surface area contributed by atoms with Crippen LogP contribution in [0.5, 0.6) is 0 Å². The Kier molecular flexibility index (Phi) is 5.25. The first-order valence-electron chi connectivity index (χ1n) is 13.4. The van der Waals surface area contributed by atoms with Crippen LogP contribution in [0.25, 0.3) is 10.8 Å². The molecule has 4 aliphatic carbocycles. The van der Waals surface area contributed by atoms with Gasteiger partial charge in [0.25, 0.3) is 0 Å². The average molecular weight is 476 g/mol. The van der Waals surface area contributed by atoms with Crippen LogP contribution < -0.4 is 20.8 Å². The summed E-state index contributed by atoms with van der Waals surface area (Å²) in [4.78, 5) is 2.80. The van der Waals surface area contributed by atoms with Crippen LogP contribution in [-0.4, -0.2) is 12.6 Å². The topological polar surface area (TPSA) is 3.24 Å². The van der Waals surface area contributed by atoms with Gasteiger partial charge in [-0.3, -0.25) is 0 Å². The van der Waals surface area contributed by atoms with Gasteiger partial charge in [0.2, 0.25) is 0 Å². The quantitative estimate of drug-likeness (QED) is 0.281. The highest BCUT2D eigenvalue weighted by Crippen LogP contribution is 2.58. The Morgan fingerprint density at radius 1 is 0.629 bits per heavy atom. The van der Waals surface area contributed by atoms with Crippen molar-refractivity contribution in [2.75, 3.05) is 11.9 Å². The third-order valence-corrected chi connectivity index (χ3v) is 11.7. The Morgan fingerprint density at radius 3 is 1.71 bits per heavy atom. The smallest absolute Gasteiger partial charge is 0.0532 e. The summed E-state index contributed by atoms with van der Waals surface area (Å²) in [7, 11) is 1.79. The Bertz CT molecular complexity index is 1270. The molecule has 0 amide bonds. The van der Waals surface area contributed by atoms with Gasteiger partial charge >= 0.3 is 0 Å². The molecule has 4 aliphatic rings. The lowest BCUT2D eigenvalue weighted by molar-refractivity contribution is -0.00184. The molecular formula is C33H34NP. The van der Waals surface area contributed by atoms with Crippen molar-refractivity contribution in [3.05, 3.63) is 97.1 Å². The van der Waals surface area contributed by atoms with E-state index in [2.05, 4.69) is 109 Å². The molecule has 0 aliphatic heterocycles. The molecule has 4 aromatic rings. The van der Waals surface area contributed by atoms with E-state index >= 15 is 0 Å². The molecule has 0 atom stereocenters. The summed E-state index contributed by atoms with van der Waals surface area (Å²) < 4.78 is 0. The maximum atomic E-state index is 2.80. The van der Waals surface area contributed by atoms with Crippen molar-refractivity contribution < 1.29 is 0 Å². The molecule has 4 aromatic carbocycles. The lowest BCUT2D eigenvalue weighted by Crippen LogP contribution is -2.59. The summed E-state index contributed by atoms with van der Waals surface area (Å²) in [6.07, 6.45) is 8.59. The lowest BCUT2D eigenvalue weighted by atomic mass is 9.52. The van der Waals surface area contributed by atoms with Crippen molar-refractivity contribution in [2.24, 2.45) is 17.8 Å². The Labute approximate surface area is 210 Å². The molecule has 2 heteroatoms.